The van der Waals surface area contributed by atoms with E-state index in [2.05, 4.69) is 15.0 Å². The number of aromatic nitrogens is 3. The zero-order valence-electron chi connectivity index (χ0n) is 12.7. The molecule has 0 amide bonds. The number of thiazole rings is 1. The number of ketones is 1. The molecule has 0 aliphatic carbocycles. The number of hydrogen-bond donors (Lipinski definition) is 0. The third-order valence-corrected chi connectivity index (χ3v) is 4.95. The summed E-state index contributed by atoms with van der Waals surface area (Å²) in [6.07, 6.45) is 6.12. The summed E-state index contributed by atoms with van der Waals surface area (Å²) in [5.41, 5.74) is 1.62. The summed E-state index contributed by atoms with van der Waals surface area (Å²) in [6, 6.07) is 8.70. The first-order valence-electron chi connectivity index (χ1n) is 6.97. The first kappa shape index (κ1) is 16.4. The van der Waals surface area contributed by atoms with Crippen molar-refractivity contribution in [3.05, 3.63) is 54.6 Å². The molecule has 0 aromatic carbocycles. The van der Waals surface area contributed by atoms with Gasteiger partial charge in [-0.05, 0) is 24.3 Å². The van der Waals surface area contributed by atoms with Crippen LogP contribution in [0.3, 0.4) is 0 Å². The highest BCUT2D eigenvalue weighted by molar-refractivity contribution is 7.91. The van der Waals surface area contributed by atoms with E-state index in [0.29, 0.717) is 5.69 Å². The zero-order valence-corrected chi connectivity index (χ0v) is 14.3. The Morgan fingerprint density at radius 3 is 2.71 bits per heavy atom. The highest BCUT2D eigenvalue weighted by atomic mass is 32.2. The number of carbonyl (C=O) groups is 1. The van der Waals surface area contributed by atoms with Crippen LogP contribution in [0.4, 0.5) is 0 Å². The molecule has 0 saturated carbocycles. The van der Waals surface area contributed by atoms with Crippen molar-refractivity contribution in [1.29, 1.82) is 0 Å². The number of hydrogen-bond acceptors (Lipinski definition) is 7. The van der Waals surface area contributed by atoms with E-state index in [-0.39, 0.29) is 5.69 Å². The quantitative estimate of drug-likeness (QED) is 0.650. The molecule has 0 radical (unpaired) electrons. The van der Waals surface area contributed by atoms with Crippen molar-refractivity contribution in [1.82, 2.24) is 15.0 Å². The topological polar surface area (TPSA) is 89.9 Å². The molecule has 0 aliphatic heterocycles. The Balaban J connectivity index is 1.90. The van der Waals surface area contributed by atoms with Gasteiger partial charge in [0.1, 0.15) is 16.5 Å². The summed E-state index contributed by atoms with van der Waals surface area (Å²) in [6.45, 7) is 0. The number of rotatable bonds is 5. The average molecular weight is 359 g/mol. The maximum absolute atomic E-state index is 12.0. The molecule has 0 bridgehead atoms. The van der Waals surface area contributed by atoms with Crippen LogP contribution in [0.25, 0.3) is 21.1 Å². The fraction of sp³-hybridized carbons (Fsp3) is 0.125. The normalized spacial score (nSPS) is 11.4. The number of pyridine rings is 2. The molecule has 3 aromatic rings. The largest absolute Gasteiger partial charge is 0.291 e. The molecule has 0 fully saturated rings. The second-order valence-electron chi connectivity index (χ2n) is 5.17. The fourth-order valence-electron chi connectivity index (χ4n) is 2.05. The molecular formula is C16H13N3O3S2. The van der Waals surface area contributed by atoms with Gasteiger partial charge in [0.2, 0.25) is 0 Å². The van der Waals surface area contributed by atoms with Crippen LogP contribution >= 0.6 is 11.3 Å². The summed E-state index contributed by atoms with van der Waals surface area (Å²) >= 11 is 1.43. The fourth-order valence-corrected chi connectivity index (χ4v) is 3.55. The Bertz CT molecular complexity index is 983. The van der Waals surface area contributed by atoms with Gasteiger partial charge in [0.05, 0.1) is 10.6 Å². The van der Waals surface area contributed by atoms with E-state index in [4.69, 9.17) is 0 Å². The van der Waals surface area contributed by atoms with Crippen molar-refractivity contribution < 1.29 is 13.2 Å². The Morgan fingerprint density at radius 2 is 2.00 bits per heavy atom. The molecule has 3 heterocycles. The van der Waals surface area contributed by atoms with Gasteiger partial charge in [-0.3, -0.25) is 9.78 Å². The molecule has 0 N–H and O–H groups in total. The van der Waals surface area contributed by atoms with Crippen molar-refractivity contribution in [2.24, 2.45) is 0 Å². The number of carbonyl (C=O) groups excluding carboxylic acids is 1. The molecule has 0 unspecified atom stereocenters. The van der Waals surface area contributed by atoms with Gasteiger partial charge < -0.3 is 0 Å². The molecule has 3 rings (SSSR count). The molecule has 8 heteroatoms. The molecule has 0 spiro atoms. The smallest absolute Gasteiger partial charge is 0.196 e. The van der Waals surface area contributed by atoms with Crippen LogP contribution in [0.2, 0.25) is 0 Å². The van der Waals surface area contributed by atoms with Crippen molar-refractivity contribution in [2.45, 2.75) is 0 Å². The zero-order chi connectivity index (χ0) is 17.2. The Morgan fingerprint density at radius 1 is 1.17 bits per heavy atom. The van der Waals surface area contributed by atoms with Crippen molar-refractivity contribution in [3.8, 4) is 21.1 Å². The minimum atomic E-state index is -3.39. The average Bonchev–Trinajstić information content (AvgIpc) is 3.04. The van der Waals surface area contributed by atoms with Gasteiger partial charge in [0.25, 0.3) is 0 Å². The van der Waals surface area contributed by atoms with Crippen molar-refractivity contribution >= 4 is 27.0 Å². The minimum Gasteiger partial charge on any atom is -0.291 e. The van der Waals surface area contributed by atoms with Crippen molar-refractivity contribution in [3.63, 3.8) is 0 Å². The van der Waals surface area contributed by atoms with Gasteiger partial charge in [0, 0.05) is 30.4 Å². The first-order valence-corrected chi connectivity index (χ1v) is 9.85. The lowest BCUT2D eigenvalue weighted by Gasteiger charge is -2.01. The maximum Gasteiger partial charge on any atom is 0.196 e. The first-order chi connectivity index (χ1) is 11.4. The van der Waals surface area contributed by atoms with Crippen LogP contribution in [0, 0.1) is 0 Å². The summed E-state index contributed by atoms with van der Waals surface area (Å²) in [5.74, 6) is -1.07. The molecule has 24 heavy (non-hydrogen) atoms. The number of Topliss-reactive ketones (excluding diaryl/α,β-unsaturated/α-hetero) is 1. The standard InChI is InChI=1S/C16H13N3O3S2/c1-24(21,22)10-14(20)12-5-2-6-13(19-12)15-9-18-16(23-15)11-4-3-7-17-8-11/h2-9H,10H2,1H3. The molecule has 0 aliphatic rings. The highest BCUT2D eigenvalue weighted by Gasteiger charge is 2.16. The second kappa shape index (κ2) is 6.58. The minimum absolute atomic E-state index is 0.134. The van der Waals surface area contributed by atoms with E-state index in [1.807, 2.05) is 12.1 Å². The van der Waals surface area contributed by atoms with E-state index < -0.39 is 21.4 Å². The lowest BCUT2D eigenvalue weighted by molar-refractivity contribution is 0.101. The molecule has 0 saturated heterocycles. The predicted molar refractivity (Wildman–Crippen MR) is 92.6 cm³/mol. The van der Waals surface area contributed by atoms with Crippen LogP contribution in [0.15, 0.2) is 48.9 Å². The Labute approximate surface area is 143 Å². The van der Waals surface area contributed by atoms with Crippen LogP contribution < -0.4 is 0 Å². The van der Waals surface area contributed by atoms with Gasteiger partial charge >= 0.3 is 0 Å². The van der Waals surface area contributed by atoms with Gasteiger partial charge in [0.15, 0.2) is 15.6 Å². The molecule has 0 atom stereocenters. The second-order valence-corrected chi connectivity index (χ2v) is 8.34. The highest BCUT2D eigenvalue weighted by Crippen LogP contribution is 2.30. The number of sulfone groups is 1. The summed E-state index contributed by atoms with van der Waals surface area (Å²) < 4.78 is 22.5. The van der Waals surface area contributed by atoms with Crippen LogP contribution in [-0.2, 0) is 9.84 Å². The van der Waals surface area contributed by atoms with Gasteiger partial charge in [-0.25, -0.2) is 18.4 Å². The third-order valence-electron chi connectivity index (χ3n) is 3.09. The lowest BCUT2D eigenvalue weighted by Crippen LogP contribution is -2.15. The third kappa shape index (κ3) is 3.90. The summed E-state index contributed by atoms with van der Waals surface area (Å²) in [7, 11) is -3.39. The van der Waals surface area contributed by atoms with Crippen molar-refractivity contribution in [2.75, 3.05) is 12.0 Å². The van der Waals surface area contributed by atoms with Gasteiger partial charge in [-0.15, -0.1) is 11.3 Å². The monoisotopic (exact) mass is 359 g/mol. The van der Waals surface area contributed by atoms with E-state index in [1.165, 1.54) is 17.4 Å². The predicted octanol–water partition coefficient (Wildman–Crippen LogP) is 2.49. The van der Waals surface area contributed by atoms with Crippen LogP contribution in [0.1, 0.15) is 10.5 Å². The summed E-state index contributed by atoms with van der Waals surface area (Å²) in [5, 5.41) is 0.799. The van der Waals surface area contributed by atoms with Gasteiger partial charge in [-0.1, -0.05) is 6.07 Å². The molecule has 3 aromatic heterocycles. The van der Waals surface area contributed by atoms with Crippen LogP contribution in [-0.4, -0.2) is 41.2 Å². The lowest BCUT2D eigenvalue weighted by atomic mass is 10.2. The molecular weight excluding hydrogens is 346 g/mol. The van der Waals surface area contributed by atoms with E-state index in [9.17, 15) is 13.2 Å². The molecule has 122 valence electrons. The van der Waals surface area contributed by atoms with Gasteiger partial charge in [-0.2, -0.15) is 0 Å². The van der Waals surface area contributed by atoms with E-state index >= 15 is 0 Å². The Kier molecular flexibility index (Phi) is 4.50. The van der Waals surface area contributed by atoms with Crippen LogP contribution in [0.5, 0.6) is 0 Å². The summed E-state index contributed by atoms with van der Waals surface area (Å²) in [4.78, 5) is 25.5. The van der Waals surface area contributed by atoms with E-state index in [1.54, 1.807) is 30.7 Å². The maximum atomic E-state index is 12.0. The molecule has 6 nitrogen and oxygen atoms in total. The Hall–Kier alpha value is -2.45. The number of nitrogens with zero attached hydrogens (tertiary/aromatic N) is 3. The SMILES string of the molecule is CS(=O)(=O)CC(=O)c1cccc(-c2cnc(-c3cccnc3)s2)n1. The van der Waals surface area contributed by atoms with E-state index in [0.717, 1.165) is 21.7 Å².